The maximum Gasteiger partial charge on any atom is 0.416 e. The Morgan fingerprint density at radius 3 is 2.55 bits per heavy atom. The van der Waals surface area contributed by atoms with E-state index >= 15 is 0 Å². The van der Waals surface area contributed by atoms with E-state index in [-0.39, 0.29) is 19.2 Å². The number of benzene rings is 1. The zero-order valence-electron chi connectivity index (χ0n) is 11.2. The lowest BCUT2D eigenvalue weighted by atomic mass is 10.0. The molecular formula is C13H17F3N2O2. The van der Waals surface area contributed by atoms with Crippen molar-refractivity contribution in [3.05, 3.63) is 34.9 Å². The summed E-state index contributed by atoms with van der Waals surface area (Å²) in [5, 5.41) is 13.8. The SMILES string of the molecule is Cc1cc(C(F)(F)F)ccc1CNC(=O)N[C@@H](C)CO. The van der Waals surface area contributed by atoms with Crippen molar-refractivity contribution < 1.29 is 23.1 Å². The third kappa shape index (κ3) is 4.73. The summed E-state index contributed by atoms with van der Waals surface area (Å²) in [5.41, 5.74) is 0.345. The zero-order chi connectivity index (χ0) is 15.3. The summed E-state index contributed by atoms with van der Waals surface area (Å²) < 4.78 is 37.5. The van der Waals surface area contributed by atoms with Crippen LogP contribution in [0.1, 0.15) is 23.6 Å². The van der Waals surface area contributed by atoms with Crippen LogP contribution in [0.3, 0.4) is 0 Å². The fraction of sp³-hybridized carbons (Fsp3) is 0.462. The first-order chi connectivity index (χ1) is 9.24. The molecule has 0 radical (unpaired) electrons. The molecule has 4 nitrogen and oxygen atoms in total. The lowest BCUT2D eigenvalue weighted by molar-refractivity contribution is -0.137. The zero-order valence-corrected chi connectivity index (χ0v) is 11.2. The Labute approximate surface area is 115 Å². The molecule has 112 valence electrons. The molecule has 0 aliphatic rings. The van der Waals surface area contributed by atoms with Gasteiger partial charge in [-0.05, 0) is 37.1 Å². The summed E-state index contributed by atoms with van der Waals surface area (Å²) in [7, 11) is 0. The van der Waals surface area contributed by atoms with Gasteiger partial charge >= 0.3 is 12.2 Å². The summed E-state index contributed by atoms with van der Waals surface area (Å²) in [6.07, 6.45) is -4.37. The first kappa shape index (κ1) is 16.3. The van der Waals surface area contributed by atoms with Gasteiger partial charge in [0.1, 0.15) is 0 Å². The van der Waals surface area contributed by atoms with Crippen molar-refractivity contribution in [3.63, 3.8) is 0 Å². The second-order valence-corrected chi connectivity index (χ2v) is 4.55. The molecule has 7 heteroatoms. The molecule has 2 amide bonds. The number of hydrogen-bond acceptors (Lipinski definition) is 2. The summed E-state index contributed by atoms with van der Waals surface area (Å²) in [5.74, 6) is 0. The Kier molecular flexibility index (Phi) is 5.38. The topological polar surface area (TPSA) is 61.4 Å². The number of amides is 2. The first-order valence-corrected chi connectivity index (χ1v) is 6.06. The van der Waals surface area contributed by atoms with Gasteiger partial charge in [-0.2, -0.15) is 13.2 Å². The van der Waals surface area contributed by atoms with Crippen molar-refractivity contribution in [1.82, 2.24) is 10.6 Å². The van der Waals surface area contributed by atoms with E-state index in [2.05, 4.69) is 10.6 Å². The lowest BCUT2D eigenvalue weighted by Crippen LogP contribution is -2.42. The van der Waals surface area contributed by atoms with Gasteiger partial charge in [0.2, 0.25) is 0 Å². The quantitative estimate of drug-likeness (QED) is 0.796. The molecule has 0 aromatic heterocycles. The molecule has 0 fully saturated rings. The van der Waals surface area contributed by atoms with Crippen molar-refractivity contribution in [3.8, 4) is 0 Å². The van der Waals surface area contributed by atoms with Crippen LogP contribution in [0.5, 0.6) is 0 Å². The molecule has 1 rings (SSSR count). The van der Waals surface area contributed by atoms with Gasteiger partial charge in [-0.3, -0.25) is 0 Å². The van der Waals surface area contributed by atoms with E-state index in [0.717, 1.165) is 12.1 Å². The van der Waals surface area contributed by atoms with Crippen molar-refractivity contribution >= 4 is 6.03 Å². The maximum absolute atomic E-state index is 12.5. The molecule has 0 aliphatic heterocycles. The maximum atomic E-state index is 12.5. The number of halogens is 3. The fourth-order valence-electron chi connectivity index (χ4n) is 1.57. The van der Waals surface area contributed by atoms with Gasteiger partial charge in [-0.1, -0.05) is 6.07 Å². The smallest absolute Gasteiger partial charge is 0.394 e. The number of aliphatic hydroxyl groups is 1. The number of carbonyl (C=O) groups is 1. The molecule has 1 aromatic rings. The minimum Gasteiger partial charge on any atom is -0.394 e. The van der Waals surface area contributed by atoms with E-state index in [1.165, 1.54) is 6.07 Å². The van der Waals surface area contributed by atoms with Crippen LogP contribution in [0.4, 0.5) is 18.0 Å². The summed E-state index contributed by atoms with van der Waals surface area (Å²) >= 11 is 0. The van der Waals surface area contributed by atoms with Crippen molar-refractivity contribution in [2.75, 3.05) is 6.61 Å². The number of rotatable bonds is 4. The molecule has 0 saturated carbocycles. The van der Waals surface area contributed by atoms with E-state index < -0.39 is 17.8 Å². The number of carbonyl (C=O) groups excluding carboxylic acids is 1. The van der Waals surface area contributed by atoms with Crippen LogP contribution in [0.25, 0.3) is 0 Å². The molecule has 0 bridgehead atoms. The summed E-state index contributed by atoms with van der Waals surface area (Å²) in [4.78, 5) is 11.4. The molecule has 0 spiro atoms. The van der Waals surface area contributed by atoms with E-state index in [9.17, 15) is 18.0 Å². The first-order valence-electron chi connectivity index (χ1n) is 6.06. The van der Waals surface area contributed by atoms with Crippen LogP contribution in [-0.4, -0.2) is 23.8 Å². The van der Waals surface area contributed by atoms with E-state index in [1.54, 1.807) is 13.8 Å². The van der Waals surface area contributed by atoms with Crippen molar-refractivity contribution in [2.24, 2.45) is 0 Å². The highest BCUT2D eigenvalue weighted by Crippen LogP contribution is 2.30. The molecule has 0 aliphatic carbocycles. The number of urea groups is 1. The predicted molar refractivity (Wildman–Crippen MR) is 68.1 cm³/mol. The van der Waals surface area contributed by atoms with Gasteiger partial charge < -0.3 is 15.7 Å². The van der Waals surface area contributed by atoms with Gasteiger partial charge in [0, 0.05) is 6.54 Å². The normalized spacial score (nSPS) is 12.9. The Hall–Kier alpha value is -1.76. The number of aryl methyl sites for hydroxylation is 1. The van der Waals surface area contributed by atoms with Gasteiger partial charge in [0.25, 0.3) is 0 Å². The van der Waals surface area contributed by atoms with Crippen LogP contribution in [0, 0.1) is 6.92 Å². The van der Waals surface area contributed by atoms with Crippen LogP contribution in [-0.2, 0) is 12.7 Å². The Morgan fingerprint density at radius 2 is 2.05 bits per heavy atom. The van der Waals surface area contributed by atoms with Crippen LogP contribution in [0.2, 0.25) is 0 Å². The highest BCUT2D eigenvalue weighted by atomic mass is 19.4. The number of alkyl halides is 3. The summed E-state index contributed by atoms with van der Waals surface area (Å²) in [6.45, 7) is 3.12. The molecule has 1 atom stereocenters. The standard InChI is InChI=1S/C13H17F3N2O2/c1-8-5-11(13(14,15)16)4-3-10(8)6-17-12(20)18-9(2)7-19/h3-5,9,19H,6-7H2,1-2H3,(H2,17,18,20)/t9-/m0/s1. The lowest BCUT2D eigenvalue weighted by Gasteiger charge is -2.14. The third-order valence-electron chi connectivity index (χ3n) is 2.76. The van der Waals surface area contributed by atoms with Gasteiger partial charge in [0.15, 0.2) is 0 Å². The van der Waals surface area contributed by atoms with Gasteiger partial charge in [-0.25, -0.2) is 4.79 Å². The second kappa shape index (κ2) is 6.60. The average molecular weight is 290 g/mol. The molecule has 0 heterocycles. The van der Waals surface area contributed by atoms with Gasteiger partial charge in [-0.15, -0.1) is 0 Å². The molecule has 0 unspecified atom stereocenters. The van der Waals surface area contributed by atoms with Crippen molar-refractivity contribution in [1.29, 1.82) is 0 Å². The molecule has 0 saturated heterocycles. The van der Waals surface area contributed by atoms with Gasteiger partial charge in [0.05, 0.1) is 18.2 Å². The summed E-state index contributed by atoms with van der Waals surface area (Å²) in [6, 6.07) is 2.51. The van der Waals surface area contributed by atoms with Crippen molar-refractivity contribution in [2.45, 2.75) is 32.6 Å². The number of aliphatic hydroxyl groups excluding tert-OH is 1. The fourth-order valence-corrected chi connectivity index (χ4v) is 1.57. The monoisotopic (exact) mass is 290 g/mol. The number of nitrogens with one attached hydrogen (secondary N) is 2. The highest BCUT2D eigenvalue weighted by Gasteiger charge is 2.30. The van der Waals surface area contributed by atoms with Crippen LogP contribution in [0.15, 0.2) is 18.2 Å². The highest BCUT2D eigenvalue weighted by molar-refractivity contribution is 5.74. The van der Waals surface area contributed by atoms with Crippen LogP contribution < -0.4 is 10.6 Å². The largest absolute Gasteiger partial charge is 0.416 e. The molecule has 1 aromatic carbocycles. The Bertz CT molecular complexity index is 475. The molecule has 20 heavy (non-hydrogen) atoms. The van der Waals surface area contributed by atoms with E-state index in [0.29, 0.717) is 11.1 Å². The Balaban J connectivity index is 2.64. The minimum atomic E-state index is -4.37. The Morgan fingerprint density at radius 1 is 1.40 bits per heavy atom. The molecule has 3 N–H and O–H groups in total. The average Bonchev–Trinajstić information content (AvgIpc) is 2.35. The van der Waals surface area contributed by atoms with E-state index in [4.69, 9.17) is 5.11 Å². The minimum absolute atomic E-state index is 0.119. The van der Waals surface area contributed by atoms with Crippen LogP contribution >= 0.6 is 0 Å². The predicted octanol–water partition coefficient (Wildman–Crippen LogP) is 2.19. The number of hydrogen-bond donors (Lipinski definition) is 3. The van der Waals surface area contributed by atoms with E-state index in [1.807, 2.05) is 0 Å². The molecular weight excluding hydrogens is 273 g/mol. The second-order valence-electron chi connectivity index (χ2n) is 4.55. The third-order valence-corrected chi connectivity index (χ3v) is 2.76.